The lowest BCUT2D eigenvalue weighted by Crippen LogP contribution is -2.70. The number of fused-ring (bicyclic) bond motifs is 3. The highest BCUT2D eigenvalue weighted by molar-refractivity contribution is 7.98. The van der Waals surface area contributed by atoms with Crippen LogP contribution in [0.4, 0.5) is 0 Å². The van der Waals surface area contributed by atoms with Crippen molar-refractivity contribution in [3.05, 3.63) is 81.1 Å². The number of amides is 1. The molecule has 0 radical (unpaired) electrons. The van der Waals surface area contributed by atoms with Gasteiger partial charge in [-0.15, -0.1) is 0 Å². The fourth-order valence-electron chi connectivity index (χ4n) is 6.48. The Labute approximate surface area is 244 Å². The van der Waals surface area contributed by atoms with Crippen molar-refractivity contribution in [3.63, 3.8) is 0 Å². The Bertz CT molecular complexity index is 1520. The molecule has 1 amide bonds. The van der Waals surface area contributed by atoms with Gasteiger partial charge in [-0.05, 0) is 43.4 Å². The molecule has 6 atom stereocenters. The van der Waals surface area contributed by atoms with E-state index in [2.05, 4.69) is 0 Å². The Kier molecular flexibility index (Phi) is 7.46. The van der Waals surface area contributed by atoms with Crippen molar-refractivity contribution in [2.45, 2.75) is 29.4 Å². The number of ketones is 2. The van der Waals surface area contributed by atoms with E-state index >= 15 is 0 Å². The molecule has 216 valence electrons. The summed E-state index contributed by atoms with van der Waals surface area (Å²) < 4.78 is 0. The lowest BCUT2D eigenvalue weighted by Gasteiger charge is -2.54. The Morgan fingerprint density at radius 1 is 1.10 bits per heavy atom. The number of carbonyl (C=O) groups excluding carboxylic acids is 3. The lowest BCUT2D eigenvalue weighted by molar-refractivity contribution is -0.169. The van der Waals surface area contributed by atoms with Gasteiger partial charge in [-0.1, -0.05) is 35.9 Å². The average molecular weight is 601 g/mol. The van der Waals surface area contributed by atoms with E-state index in [-0.39, 0.29) is 11.3 Å². The zero-order valence-corrected chi connectivity index (χ0v) is 23.7. The van der Waals surface area contributed by atoms with Crippen LogP contribution in [0.1, 0.15) is 22.6 Å². The maximum Gasteiger partial charge on any atom is 0.255 e. The van der Waals surface area contributed by atoms with Crippen LogP contribution in [0.2, 0.25) is 5.02 Å². The van der Waals surface area contributed by atoms with Gasteiger partial charge in [0, 0.05) is 33.9 Å². The van der Waals surface area contributed by atoms with Crippen LogP contribution in [0.15, 0.2) is 59.4 Å². The van der Waals surface area contributed by atoms with Gasteiger partial charge in [0.25, 0.3) is 5.91 Å². The maximum absolute atomic E-state index is 14.2. The van der Waals surface area contributed by atoms with Crippen LogP contribution in [0.3, 0.4) is 0 Å². The molecule has 2 aromatic carbocycles. The highest BCUT2D eigenvalue weighted by Gasteiger charge is 2.68. The number of aliphatic hydroxyl groups excluding tert-OH is 3. The van der Waals surface area contributed by atoms with Crippen molar-refractivity contribution in [2.75, 3.05) is 19.8 Å². The highest BCUT2D eigenvalue weighted by atomic mass is 35.5. The second kappa shape index (κ2) is 10.5. The lowest BCUT2D eigenvalue weighted by atomic mass is 9.54. The summed E-state index contributed by atoms with van der Waals surface area (Å²) in [5, 5.41) is 57.4. The van der Waals surface area contributed by atoms with E-state index in [1.807, 2.05) is 12.1 Å². The third kappa shape index (κ3) is 4.34. The Morgan fingerprint density at radius 2 is 1.76 bits per heavy atom. The second-order valence-electron chi connectivity index (χ2n) is 10.7. The third-order valence-corrected chi connectivity index (χ3v) is 9.66. The van der Waals surface area contributed by atoms with Crippen LogP contribution in [0.5, 0.6) is 5.75 Å². The van der Waals surface area contributed by atoms with Crippen molar-refractivity contribution in [1.82, 2.24) is 4.90 Å². The third-order valence-electron chi connectivity index (χ3n) is 8.28. The minimum Gasteiger partial charge on any atom is -0.508 e. The molecule has 0 aromatic heterocycles. The molecule has 1 fully saturated rings. The molecule has 0 bridgehead atoms. The zero-order chi connectivity index (χ0) is 30.0. The molecule has 2 aromatic rings. The van der Waals surface area contributed by atoms with E-state index in [0.717, 1.165) is 5.56 Å². The number of aliphatic hydroxyl groups is 4. The summed E-state index contributed by atoms with van der Waals surface area (Å²) >= 11 is 7.47. The number of halogens is 1. The molecule has 3 aliphatic carbocycles. The molecule has 0 heterocycles. The first-order valence-electron chi connectivity index (χ1n) is 12.8. The van der Waals surface area contributed by atoms with Gasteiger partial charge in [-0.2, -0.15) is 11.8 Å². The number of primary amides is 1. The largest absolute Gasteiger partial charge is 0.508 e. The quantitative estimate of drug-likeness (QED) is 0.268. The number of benzene rings is 2. The number of rotatable bonds is 6. The van der Waals surface area contributed by atoms with Gasteiger partial charge in [0.1, 0.15) is 22.8 Å². The van der Waals surface area contributed by atoms with Crippen molar-refractivity contribution in [3.8, 4) is 5.75 Å². The summed E-state index contributed by atoms with van der Waals surface area (Å²) in [6, 6.07) is 10.4. The van der Waals surface area contributed by atoms with Crippen LogP contribution in [-0.4, -0.2) is 85.5 Å². The van der Waals surface area contributed by atoms with Gasteiger partial charge in [-0.25, -0.2) is 0 Å². The first-order valence-corrected chi connectivity index (χ1v) is 14.3. The Morgan fingerprint density at radius 3 is 2.37 bits per heavy atom. The number of phenols is 1. The van der Waals surface area contributed by atoms with E-state index in [9.17, 15) is 39.9 Å². The van der Waals surface area contributed by atoms with Gasteiger partial charge in [0.2, 0.25) is 5.78 Å². The van der Waals surface area contributed by atoms with Gasteiger partial charge in [0.15, 0.2) is 11.4 Å². The number of nitrogens with two attached hydrogens (primary N) is 1. The number of likely N-dealkylation sites (N-methyl/N-ethyl adjacent to an activating group) is 1. The molecule has 10 nitrogen and oxygen atoms in total. The molecule has 3 unspecified atom stereocenters. The van der Waals surface area contributed by atoms with Gasteiger partial charge in [-0.3, -0.25) is 19.3 Å². The number of thioether (sulfide) groups is 1. The zero-order valence-electron chi connectivity index (χ0n) is 22.1. The highest BCUT2D eigenvalue weighted by Crippen LogP contribution is 2.56. The molecule has 0 aliphatic heterocycles. The first-order chi connectivity index (χ1) is 19.3. The predicted octanol–water partition coefficient (Wildman–Crippen LogP) is 2.06. The van der Waals surface area contributed by atoms with Gasteiger partial charge < -0.3 is 31.3 Å². The van der Waals surface area contributed by atoms with Crippen LogP contribution >= 0.6 is 23.4 Å². The van der Waals surface area contributed by atoms with E-state index in [0.29, 0.717) is 22.1 Å². The summed E-state index contributed by atoms with van der Waals surface area (Å²) in [5.74, 6) is -8.27. The van der Waals surface area contributed by atoms with Crippen LogP contribution in [0.25, 0.3) is 5.76 Å². The molecular formula is C29H29ClN2O8S. The van der Waals surface area contributed by atoms with E-state index in [1.165, 1.54) is 36.8 Å². The number of hydrogen-bond donors (Lipinski definition) is 6. The van der Waals surface area contributed by atoms with Gasteiger partial charge >= 0.3 is 0 Å². The molecule has 41 heavy (non-hydrogen) atoms. The second-order valence-corrected chi connectivity index (χ2v) is 12.2. The molecule has 12 heteroatoms. The molecule has 0 spiro atoms. The Balaban J connectivity index is 1.67. The summed E-state index contributed by atoms with van der Waals surface area (Å²) in [5.41, 5.74) is 2.46. The number of phenolic OH excluding ortho intramolecular Hbond substituents is 1. The van der Waals surface area contributed by atoms with E-state index in [1.54, 1.807) is 24.3 Å². The average Bonchev–Trinajstić information content (AvgIpc) is 2.90. The van der Waals surface area contributed by atoms with Crippen molar-refractivity contribution >= 4 is 46.6 Å². The summed E-state index contributed by atoms with van der Waals surface area (Å²) in [6.45, 7) is 0. The van der Waals surface area contributed by atoms with Crippen LogP contribution in [-0.2, 0) is 20.1 Å². The molecule has 5 rings (SSSR count). The van der Waals surface area contributed by atoms with Crippen LogP contribution in [0, 0.1) is 11.8 Å². The van der Waals surface area contributed by atoms with E-state index in [4.69, 9.17) is 17.3 Å². The first kappa shape index (κ1) is 29.2. The number of carbonyl (C=O) groups is 3. The topological polar surface area (TPSA) is 182 Å². The summed E-state index contributed by atoms with van der Waals surface area (Å²) in [7, 11) is 2.94. The summed E-state index contributed by atoms with van der Waals surface area (Å²) in [4.78, 5) is 41.1. The van der Waals surface area contributed by atoms with Crippen molar-refractivity contribution in [2.24, 2.45) is 17.6 Å². The summed E-state index contributed by atoms with van der Waals surface area (Å²) in [6.07, 6.45) is -1.65. The van der Waals surface area contributed by atoms with Gasteiger partial charge in [0.05, 0.1) is 23.6 Å². The predicted molar refractivity (Wildman–Crippen MR) is 152 cm³/mol. The Hall–Kier alpha value is -3.35. The standard InChI is InChI=1S/C29H29ClN2O8S/c1-32(2)22-21-24(35)18-15(11-41-10-12-6-8-13(30)9-7-12)14-4-3-5-16(33)17(14)23(34)19(18)26(37)29(21,40)27(38)20(25(22)36)28(31)39/h3-9,15,18,21-22,24,33-35,38,40H,10-11H2,1-2H3,(H2,31,39)/t15-,18?,21?,22-,24?,29-/m0/s1. The fraction of sp³-hybridized carbons (Fsp3) is 0.345. The minimum atomic E-state index is -2.95. The minimum absolute atomic E-state index is 0.0342. The maximum atomic E-state index is 14.2. The number of aromatic hydroxyl groups is 1. The molecule has 3 aliphatic rings. The monoisotopic (exact) mass is 600 g/mol. The fourth-order valence-corrected chi connectivity index (χ4v) is 7.79. The normalized spacial score (nSPS) is 29.4. The number of nitrogens with zero attached hydrogens (tertiary/aromatic N) is 1. The molecule has 7 N–H and O–H groups in total. The molecule has 0 saturated heterocycles. The van der Waals surface area contributed by atoms with Crippen molar-refractivity contribution < 1.29 is 39.9 Å². The number of Topliss-reactive ketones (excluding diaryl/α,β-unsaturated/α-hetero) is 2. The molecular weight excluding hydrogens is 572 g/mol. The van der Waals surface area contributed by atoms with Crippen molar-refractivity contribution in [1.29, 1.82) is 0 Å². The van der Waals surface area contributed by atoms with Crippen LogP contribution < -0.4 is 5.73 Å². The SMILES string of the molecule is CN(C)[C@@H]1C(=O)C(C(N)=O)=C(O)[C@@]2(O)C(=O)C3=C(O)c4c(O)cccc4[C@H](CSCc4ccc(Cl)cc4)C3C(O)C12. The van der Waals surface area contributed by atoms with E-state index < -0.39 is 75.6 Å². The smallest absolute Gasteiger partial charge is 0.255 e. The molecule has 1 saturated carbocycles. The number of hydrogen-bond acceptors (Lipinski definition) is 10.